The van der Waals surface area contributed by atoms with Gasteiger partial charge in [-0.25, -0.2) is 13.5 Å². The molecule has 9 heteroatoms. The fraction of sp³-hybridized carbons (Fsp3) is 0.267. The van der Waals surface area contributed by atoms with Gasteiger partial charge < -0.3 is 4.98 Å². The number of benzene rings is 3. The summed E-state index contributed by atoms with van der Waals surface area (Å²) in [4.78, 5) is 18.4. The van der Waals surface area contributed by atoms with Crippen molar-refractivity contribution in [3.05, 3.63) is 122 Å². The Balaban J connectivity index is 1.53. The predicted octanol–water partition coefficient (Wildman–Crippen LogP) is 5.61. The van der Waals surface area contributed by atoms with Crippen LogP contribution in [-0.4, -0.2) is 30.1 Å². The number of hydrogen-bond donors (Lipinski definition) is 1. The molecular weight excluding hydrogens is 498 g/mol. The van der Waals surface area contributed by atoms with E-state index in [2.05, 4.69) is 31.5 Å². The van der Waals surface area contributed by atoms with Gasteiger partial charge >= 0.3 is 0 Å². The molecule has 0 radical (unpaired) electrons. The van der Waals surface area contributed by atoms with Crippen molar-refractivity contribution in [1.82, 2.24) is 30.1 Å². The number of tetrazole rings is 1. The van der Waals surface area contributed by atoms with Crippen molar-refractivity contribution in [3.63, 3.8) is 0 Å². The molecule has 0 saturated heterocycles. The summed E-state index contributed by atoms with van der Waals surface area (Å²) in [6.45, 7) is 7.23. The van der Waals surface area contributed by atoms with Gasteiger partial charge in [0.1, 0.15) is 11.6 Å². The zero-order valence-electron chi connectivity index (χ0n) is 22.2. The van der Waals surface area contributed by atoms with Crippen molar-refractivity contribution < 1.29 is 8.78 Å². The van der Waals surface area contributed by atoms with Crippen LogP contribution in [0.4, 0.5) is 8.78 Å². The van der Waals surface area contributed by atoms with Crippen LogP contribution in [0.15, 0.2) is 71.5 Å². The minimum Gasteiger partial charge on any atom is -0.322 e. The van der Waals surface area contributed by atoms with Gasteiger partial charge in [-0.3, -0.25) is 9.69 Å². The van der Waals surface area contributed by atoms with Crippen molar-refractivity contribution in [2.75, 3.05) is 0 Å². The number of nitrogens with one attached hydrogen (secondary N) is 1. The lowest BCUT2D eigenvalue weighted by Gasteiger charge is -2.30. The molecule has 2 aromatic heterocycles. The van der Waals surface area contributed by atoms with E-state index in [-0.39, 0.29) is 23.2 Å². The van der Waals surface area contributed by atoms with Crippen molar-refractivity contribution >= 4 is 10.9 Å². The third-order valence-corrected chi connectivity index (χ3v) is 6.99. The second-order valence-corrected chi connectivity index (χ2v) is 9.94. The van der Waals surface area contributed by atoms with Crippen LogP contribution >= 0.6 is 0 Å². The van der Waals surface area contributed by atoms with E-state index >= 15 is 0 Å². The van der Waals surface area contributed by atoms with Crippen molar-refractivity contribution in [2.45, 2.75) is 52.9 Å². The Kier molecular flexibility index (Phi) is 7.60. The summed E-state index contributed by atoms with van der Waals surface area (Å²) in [6.07, 6.45) is 0.661. The molecule has 5 rings (SSSR count). The highest BCUT2D eigenvalue weighted by Gasteiger charge is 2.26. The van der Waals surface area contributed by atoms with E-state index in [1.54, 1.807) is 28.9 Å². The van der Waals surface area contributed by atoms with Crippen LogP contribution in [0.2, 0.25) is 0 Å². The maximum absolute atomic E-state index is 13.7. The Labute approximate surface area is 225 Å². The molecule has 0 aliphatic carbocycles. The quantitative estimate of drug-likeness (QED) is 0.269. The zero-order chi connectivity index (χ0) is 27.5. The first-order chi connectivity index (χ1) is 18.8. The smallest absolute Gasteiger partial charge is 0.252 e. The molecule has 0 aliphatic rings. The van der Waals surface area contributed by atoms with Gasteiger partial charge in [-0.1, -0.05) is 37.3 Å². The van der Waals surface area contributed by atoms with Crippen molar-refractivity contribution in [3.8, 4) is 0 Å². The second kappa shape index (κ2) is 11.2. The molecule has 0 spiro atoms. The Morgan fingerprint density at radius 1 is 0.923 bits per heavy atom. The van der Waals surface area contributed by atoms with Gasteiger partial charge in [0, 0.05) is 29.6 Å². The lowest BCUT2D eigenvalue weighted by atomic mass is 10.0. The summed E-state index contributed by atoms with van der Waals surface area (Å²) in [5.74, 6) is 0.0175. The third-order valence-electron chi connectivity index (χ3n) is 6.99. The maximum atomic E-state index is 13.7. The second-order valence-electron chi connectivity index (χ2n) is 9.94. The maximum Gasteiger partial charge on any atom is 0.252 e. The molecule has 39 heavy (non-hydrogen) atoms. The summed E-state index contributed by atoms with van der Waals surface area (Å²) in [7, 11) is 0. The molecule has 2 heterocycles. The highest BCUT2D eigenvalue weighted by Crippen LogP contribution is 2.27. The molecule has 1 unspecified atom stereocenters. The summed E-state index contributed by atoms with van der Waals surface area (Å²) in [6, 6.07) is 18.4. The predicted molar refractivity (Wildman–Crippen MR) is 146 cm³/mol. The van der Waals surface area contributed by atoms with Gasteiger partial charge in [-0.15, -0.1) is 5.10 Å². The first-order valence-corrected chi connectivity index (χ1v) is 12.9. The Morgan fingerprint density at radius 3 is 2.26 bits per heavy atom. The molecule has 5 aromatic rings. The number of nitrogens with zero attached hydrogens (tertiary/aromatic N) is 5. The van der Waals surface area contributed by atoms with Crippen molar-refractivity contribution in [2.24, 2.45) is 0 Å². The molecule has 3 aromatic carbocycles. The average Bonchev–Trinajstić information content (AvgIpc) is 3.35. The summed E-state index contributed by atoms with van der Waals surface area (Å²) < 4.78 is 28.8. The Morgan fingerprint density at radius 2 is 1.59 bits per heavy atom. The van der Waals surface area contributed by atoms with Crippen LogP contribution in [0.1, 0.15) is 53.0 Å². The molecule has 0 aliphatic heterocycles. The van der Waals surface area contributed by atoms with Crippen molar-refractivity contribution in [1.29, 1.82) is 0 Å². The van der Waals surface area contributed by atoms with Crippen LogP contribution in [0.3, 0.4) is 0 Å². The van der Waals surface area contributed by atoms with Crippen LogP contribution < -0.4 is 5.56 Å². The van der Waals surface area contributed by atoms with Crippen LogP contribution in [0.5, 0.6) is 0 Å². The number of aromatic nitrogens is 5. The minimum absolute atomic E-state index is 0.155. The molecule has 0 fully saturated rings. The topological polar surface area (TPSA) is 79.7 Å². The van der Waals surface area contributed by atoms with Gasteiger partial charge in [-0.05, 0) is 89.3 Å². The SMILES string of the molecule is CCC(c1nnnn1Cc1ccc(F)cc1)N(Cc1ccc(F)cc1)Cc1cc2c(C)cc(C)cc2[nH]c1=O. The largest absolute Gasteiger partial charge is 0.322 e. The number of hydrogen-bond acceptors (Lipinski definition) is 5. The number of pyridine rings is 1. The first kappa shape index (κ1) is 26.4. The van der Waals surface area contributed by atoms with Crippen LogP contribution in [0.25, 0.3) is 10.9 Å². The van der Waals surface area contributed by atoms with E-state index in [0.717, 1.165) is 33.2 Å². The van der Waals surface area contributed by atoms with Crippen LogP contribution in [0, 0.1) is 25.5 Å². The van der Waals surface area contributed by atoms with Crippen LogP contribution in [-0.2, 0) is 19.6 Å². The highest BCUT2D eigenvalue weighted by atomic mass is 19.1. The minimum atomic E-state index is -0.308. The highest BCUT2D eigenvalue weighted by molar-refractivity contribution is 5.83. The van der Waals surface area contributed by atoms with E-state index in [4.69, 9.17) is 0 Å². The Bertz CT molecular complexity index is 1640. The lowest BCUT2D eigenvalue weighted by Crippen LogP contribution is -2.32. The number of H-pyrrole nitrogens is 1. The van der Waals surface area contributed by atoms with Gasteiger partial charge in [-0.2, -0.15) is 0 Å². The molecule has 0 saturated carbocycles. The first-order valence-electron chi connectivity index (χ1n) is 12.9. The summed E-state index contributed by atoms with van der Waals surface area (Å²) >= 11 is 0. The molecule has 1 atom stereocenters. The number of aryl methyl sites for hydroxylation is 2. The molecule has 0 amide bonds. The van der Waals surface area contributed by atoms with E-state index in [1.165, 1.54) is 24.3 Å². The van der Waals surface area contributed by atoms with E-state index in [1.807, 2.05) is 32.9 Å². The van der Waals surface area contributed by atoms with Gasteiger partial charge in [0.25, 0.3) is 5.56 Å². The van der Waals surface area contributed by atoms with E-state index in [0.29, 0.717) is 37.4 Å². The molecule has 200 valence electrons. The number of halogens is 2. The number of fused-ring (bicyclic) bond motifs is 1. The number of rotatable bonds is 9. The number of aromatic amines is 1. The molecular formula is C30H30F2N6O. The molecule has 1 N–H and O–H groups in total. The summed E-state index contributed by atoms with van der Waals surface area (Å²) in [5.41, 5.74) is 5.20. The molecule has 0 bridgehead atoms. The average molecular weight is 529 g/mol. The molecule has 7 nitrogen and oxygen atoms in total. The zero-order valence-corrected chi connectivity index (χ0v) is 22.2. The van der Waals surface area contributed by atoms with Gasteiger partial charge in [0.05, 0.1) is 12.6 Å². The lowest BCUT2D eigenvalue weighted by molar-refractivity contribution is 0.161. The Hall–Kier alpha value is -4.24. The van der Waals surface area contributed by atoms with Gasteiger partial charge in [0.15, 0.2) is 5.82 Å². The standard InChI is InChI=1S/C30H30F2N6O/c1-4-28(29-34-35-36-38(29)17-22-7-11-25(32)12-8-22)37(16-21-5-9-24(31)10-6-21)18-23-15-26-20(3)13-19(2)14-27(26)33-30(23)39/h5-15,28H,4,16-18H2,1-3H3,(H,33,39). The van der Waals surface area contributed by atoms with E-state index < -0.39 is 0 Å². The fourth-order valence-corrected chi connectivity index (χ4v) is 5.08. The monoisotopic (exact) mass is 528 g/mol. The van der Waals surface area contributed by atoms with Gasteiger partial charge in [0.2, 0.25) is 0 Å². The summed E-state index contributed by atoms with van der Waals surface area (Å²) in [5, 5.41) is 13.5. The van der Waals surface area contributed by atoms with E-state index in [9.17, 15) is 13.6 Å². The normalized spacial score (nSPS) is 12.4. The fourth-order valence-electron chi connectivity index (χ4n) is 5.08. The third kappa shape index (κ3) is 5.93.